The lowest BCUT2D eigenvalue weighted by Crippen LogP contribution is -2.51. The highest BCUT2D eigenvalue weighted by Crippen LogP contribution is 2.28. The first-order chi connectivity index (χ1) is 13.8. The molecule has 0 bridgehead atoms. The number of carbonyl (C=O) groups excluding carboxylic acids is 2. The number of ether oxygens (including phenoxy) is 1. The topological polar surface area (TPSA) is 58.6 Å². The van der Waals surface area contributed by atoms with Crippen molar-refractivity contribution in [1.29, 1.82) is 0 Å². The van der Waals surface area contributed by atoms with E-state index in [4.69, 9.17) is 4.74 Å². The quantitative estimate of drug-likeness (QED) is 0.802. The van der Waals surface area contributed by atoms with Crippen LogP contribution in [0, 0.1) is 17.5 Å². The SMILES string of the molecule is COCCC1(NC(=O)c2ccc(F)cc2)CCN(C(=O)c2ccc(F)cc2F)C1. The second-order valence-electron chi connectivity index (χ2n) is 7.09. The molecule has 2 aromatic carbocycles. The molecule has 1 saturated heterocycles. The Balaban J connectivity index is 1.77. The van der Waals surface area contributed by atoms with Gasteiger partial charge in [0.1, 0.15) is 17.5 Å². The van der Waals surface area contributed by atoms with Crippen LogP contribution in [0.5, 0.6) is 0 Å². The molecule has 3 rings (SSSR count). The van der Waals surface area contributed by atoms with Crippen molar-refractivity contribution in [3.05, 3.63) is 71.0 Å². The van der Waals surface area contributed by atoms with Crippen molar-refractivity contribution >= 4 is 11.8 Å². The van der Waals surface area contributed by atoms with Crippen LogP contribution in [0.25, 0.3) is 0 Å². The molecule has 0 spiro atoms. The summed E-state index contributed by atoms with van der Waals surface area (Å²) >= 11 is 0. The zero-order chi connectivity index (χ0) is 21.0. The summed E-state index contributed by atoms with van der Waals surface area (Å²) in [6, 6.07) is 7.94. The molecule has 0 aromatic heterocycles. The normalized spacial score (nSPS) is 18.7. The van der Waals surface area contributed by atoms with E-state index in [0.29, 0.717) is 32.1 Å². The summed E-state index contributed by atoms with van der Waals surface area (Å²) in [5.74, 6) is -3.11. The Hall–Kier alpha value is -2.87. The standard InChI is InChI=1S/C21H21F3N2O3/c1-29-11-9-21(25-19(27)14-2-4-15(22)5-3-14)8-10-26(13-21)20(28)17-7-6-16(23)12-18(17)24/h2-7,12H,8-11,13H2,1H3,(H,25,27). The lowest BCUT2D eigenvalue weighted by Gasteiger charge is -2.30. The van der Waals surface area contributed by atoms with E-state index in [9.17, 15) is 22.8 Å². The summed E-state index contributed by atoms with van der Waals surface area (Å²) < 4.78 is 45.4. The Morgan fingerprint density at radius 1 is 1.10 bits per heavy atom. The molecule has 5 nitrogen and oxygen atoms in total. The maximum atomic E-state index is 14.0. The molecule has 1 atom stereocenters. The van der Waals surface area contributed by atoms with Crippen molar-refractivity contribution in [2.75, 3.05) is 26.8 Å². The van der Waals surface area contributed by atoms with Crippen molar-refractivity contribution in [1.82, 2.24) is 10.2 Å². The highest BCUT2D eigenvalue weighted by atomic mass is 19.1. The molecule has 29 heavy (non-hydrogen) atoms. The van der Waals surface area contributed by atoms with Crippen molar-refractivity contribution in [3.8, 4) is 0 Å². The number of halogens is 3. The fraction of sp³-hybridized carbons (Fsp3) is 0.333. The molecule has 0 aliphatic carbocycles. The third-order valence-corrected chi connectivity index (χ3v) is 5.07. The third kappa shape index (κ3) is 4.76. The highest BCUT2D eigenvalue weighted by Gasteiger charge is 2.41. The van der Waals surface area contributed by atoms with Gasteiger partial charge in [0.25, 0.3) is 11.8 Å². The van der Waals surface area contributed by atoms with Gasteiger partial charge in [-0.3, -0.25) is 9.59 Å². The van der Waals surface area contributed by atoms with Gasteiger partial charge in [-0.25, -0.2) is 13.2 Å². The van der Waals surface area contributed by atoms with E-state index in [-0.39, 0.29) is 17.7 Å². The molecule has 8 heteroatoms. The van der Waals surface area contributed by atoms with Crippen molar-refractivity contribution < 1.29 is 27.5 Å². The molecule has 0 radical (unpaired) electrons. The van der Waals surface area contributed by atoms with E-state index in [0.717, 1.165) is 12.1 Å². The van der Waals surface area contributed by atoms with Gasteiger partial charge in [-0.2, -0.15) is 0 Å². The van der Waals surface area contributed by atoms with E-state index in [1.165, 1.54) is 36.3 Å². The first kappa shape index (κ1) is 20.9. The molecule has 1 heterocycles. The van der Waals surface area contributed by atoms with Crippen LogP contribution < -0.4 is 5.32 Å². The Morgan fingerprint density at radius 3 is 2.45 bits per heavy atom. The molecule has 1 fully saturated rings. The third-order valence-electron chi connectivity index (χ3n) is 5.07. The molecule has 1 aliphatic heterocycles. The van der Waals surface area contributed by atoms with Crippen LogP contribution in [0.4, 0.5) is 13.2 Å². The monoisotopic (exact) mass is 406 g/mol. The lowest BCUT2D eigenvalue weighted by molar-refractivity contribution is 0.0743. The molecule has 154 valence electrons. The van der Waals surface area contributed by atoms with Gasteiger partial charge >= 0.3 is 0 Å². The molecule has 1 unspecified atom stereocenters. The molecular formula is C21H21F3N2O3. The van der Waals surface area contributed by atoms with E-state index in [1.807, 2.05) is 0 Å². The fourth-order valence-corrected chi connectivity index (χ4v) is 3.46. The van der Waals surface area contributed by atoms with Gasteiger partial charge in [-0.15, -0.1) is 0 Å². The molecule has 1 N–H and O–H groups in total. The van der Waals surface area contributed by atoms with Gasteiger partial charge in [-0.05, 0) is 49.2 Å². The summed E-state index contributed by atoms with van der Waals surface area (Å²) in [6.07, 6.45) is 0.879. The first-order valence-electron chi connectivity index (χ1n) is 9.15. The predicted molar refractivity (Wildman–Crippen MR) is 100.0 cm³/mol. The lowest BCUT2D eigenvalue weighted by atomic mass is 9.93. The number of benzene rings is 2. The molecule has 0 saturated carbocycles. The van der Waals surface area contributed by atoms with Gasteiger partial charge in [-0.1, -0.05) is 0 Å². The maximum Gasteiger partial charge on any atom is 0.256 e. The number of nitrogens with one attached hydrogen (secondary N) is 1. The van der Waals surface area contributed by atoms with Gasteiger partial charge in [0, 0.05) is 38.4 Å². The summed E-state index contributed by atoms with van der Waals surface area (Å²) in [6.45, 7) is 0.790. The maximum absolute atomic E-state index is 14.0. The van der Waals surface area contributed by atoms with Crippen LogP contribution in [-0.2, 0) is 4.74 Å². The van der Waals surface area contributed by atoms with Crippen molar-refractivity contribution in [2.24, 2.45) is 0 Å². The van der Waals surface area contributed by atoms with E-state index in [1.54, 1.807) is 0 Å². The summed E-state index contributed by atoms with van der Waals surface area (Å²) in [5.41, 5.74) is -0.704. The minimum absolute atomic E-state index is 0.152. The van der Waals surface area contributed by atoms with Crippen LogP contribution in [0.15, 0.2) is 42.5 Å². The predicted octanol–water partition coefficient (Wildman–Crippen LogP) is 3.16. The molecule has 1 aliphatic rings. The number of rotatable bonds is 6. The van der Waals surface area contributed by atoms with Crippen molar-refractivity contribution in [3.63, 3.8) is 0 Å². The summed E-state index contributed by atoms with van der Waals surface area (Å²) in [5, 5.41) is 2.93. The largest absolute Gasteiger partial charge is 0.385 e. The van der Waals surface area contributed by atoms with Crippen LogP contribution in [0.2, 0.25) is 0 Å². The highest BCUT2D eigenvalue weighted by molar-refractivity contribution is 5.96. The molecule has 2 aromatic rings. The number of hydrogen-bond acceptors (Lipinski definition) is 3. The minimum Gasteiger partial charge on any atom is -0.385 e. The number of nitrogens with zero attached hydrogens (tertiary/aromatic N) is 1. The molecular weight excluding hydrogens is 385 g/mol. The zero-order valence-corrected chi connectivity index (χ0v) is 15.9. The van der Waals surface area contributed by atoms with Gasteiger partial charge in [0.2, 0.25) is 0 Å². The Labute approximate surface area is 166 Å². The van der Waals surface area contributed by atoms with Gasteiger partial charge in [0.05, 0.1) is 11.1 Å². The molecule has 2 amide bonds. The van der Waals surface area contributed by atoms with Crippen molar-refractivity contribution in [2.45, 2.75) is 18.4 Å². The number of amides is 2. The van der Waals surface area contributed by atoms with Crippen LogP contribution in [0.1, 0.15) is 33.6 Å². The first-order valence-corrected chi connectivity index (χ1v) is 9.15. The average Bonchev–Trinajstić information content (AvgIpc) is 3.10. The number of methoxy groups -OCH3 is 1. The van der Waals surface area contributed by atoms with E-state index >= 15 is 0 Å². The van der Waals surface area contributed by atoms with Crippen LogP contribution in [0.3, 0.4) is 0 Å². The van der Waals surface area contributed by atoms with Crippen LogP contribution >= 0.6 is 0 Å². The second-order valence-corrected chi connectivity index (χ2v) is 7.09. The smallest absolute Gasteiger partial charge is 0.256 e. The fourth-order valence-electron chi connectivity index (χ4n) is 3.46. The summed E-state index contributed by atoms with van der Waals surface area (Å²) in [7, 11) is 1.53. The second kappa shape index (κ2) is 8.65. The number of hydrogen-bond donors (Lipinski definition) is 1. The van der Waals surface area contributed by atoms with Gasteiger partial charge in [0.15, 0.2) is 0 Å². The van der Waals surface area contributed by atoms with Crippen LogP contribution in [-0.4, -0.2) is 49.1 Å². The Morgan fingerprint density at radius 2 is 1.79 bits per heavy atom. The van der Waals surface area contributed by atoms with E-state index < -0.39 is 34.8 Å². The van der Waals surface area contributed by atoms with Gasteiger partial charge < -0.3 is 15.0 Å². The number of likely N-dealkylation sites (tertiary alicyclic amines) is 1. The van der Waals surface area contributed by atoms with E-state index in [2.05, 4.69) is 5.32 Å². The Kier molecular flexibility index (Phi) is 6.22. The minimum atomic E-state index is -0.931. The average molecular weight is 406 g/mol. The number of carbonyl (C=O) groups is 2. The summed E-state index contributed by atoms with van der Waals surface area (Å²) in [4.78, 5) is 26.8. The zero-order valence-electron chi connectivity index (χ0n) is 15.9. The Bertz CT molecular complexity index is 905.